The number of nitrogens with one attached hydrogen (secondary N) is 5. The highest BCUT2D eigenvalue weighted by Gasteiger charge is 2.43. The number of hydroxylamine groups is 2. The van der Waals surface area contributed by atoms with Gasteiger partial charge in [-0.15, -0.1) is 0 Å². The second kappa shape index (κ2) is 26.2. The number of methoxy groups -OCH3 is 2. The first-order valence-corrected chi connectivity index (χ1v) is 23.2. The highest BCUT2D eigenvalue weighted by molar-refractivity contribution is 5.91. The van der Waals surface area contributed by atoms with E-state index in [1.807, 2.05) is 72.0 Å². The molecule has 0 bridgehead atoms. The zero-order valence-electron chi connectivity index (χ0n) is 40.8. The van der Waals surface area contributed by atoms with Gasteiger partial charge in [0.1, 0.15) is 12.1 Å². The molecule has 0 aliphatic carbocycles. The van der Waals surface area contributed by atoms with Gasteiger partial charge in [0.2, 0.25) is 17.7 Å². The quantitative estimate of drug-likeness (QED) is 0.0969. The molecule has 0 saturated carbocycles. The van der Waals surface area contributed by atoms with Gasteiger partial charge in [-0.1, -0.05) is 73.1 Å². The van der Waals surface area contributed by atoms with Crippen molar-refractivity contribution in [1.82, 2.24) is 36.2 Å². The maximum absolute atomic E-state index is 14.2. The van der Waals surface area contributed by atoms with Crippen LogP contribution in [0.4, 0.5) is 13.2 Å². The van der Waals surface area contributed by atoms with Crippen LogP contribution in [0.3, 0.4) is 0 Å². The standard InChI is InChI=1S/C45H73N7O8.C2HF3O2/c1-12-28(6)40(51(9)45(57)39(27(4)5)50-43(55)38(46-8)26(2)3)37(58-10)24-36(53)33-19-20-34(48-33)41(59-11)29(7)42(54)49-35(44(56)52-21-15-16-22-60-52)23-30-25-47-32-18-14-13-17-31(30)32;3-2(4,5)1(6)7/h13-14,17-18,25-29,33-35,37-41,46-48H,12,15-16,19-24H2,1-11H3,(H,49,54)(H,50,55);(H,6,7)/t28-,29+,33?,34-,35-,37+,38-,39-,40-,41+;/m0./s1. The van der Waals surface area contributed by atoms with E-state index < -0.39 is 60.5 Å². The number of para-hydroxylation sites is 1. The van der Waals surface area contributed by atoms with Crippen LogP contribution < -0.4 is 21.3 Å². The van der Waals surface area contributed by atoms with Crippen molar-refractivity contribution in [3.05, 3.63) is 36.0 Å². The number of hydrogen-bond acceptors (Lipinski definition) is 11. The first-order valence-electron chi connectivity index (χ1n) is 23.2. The summed E-state index contributed by atoms with van der Waals surface area (Å²) in [4.78, 5) is 88.9. The van der Waals surface area contributed by atoms with Crippen LogP contribution in [0.1, 0.15) is 92.6 Å². The smallest absolute Gasteiger partial charge is 0.475 e. The lowest BCUT2D eigenvalue weighted by Gasteiger charge is -2.40. The molecule has 0 radical (unpaired) electrons. The molecule has 6 N–H and O–H groups in total. The van der Waals surface area contributed by atoms with Crippen LogP contribution in [-0.4, -0.2) is 152 Å². The summed E-state index contributed by atoms with van der Waals surface area (Å²) in [6, 6.07) is 4.50. The number of fused-ring (bicyclic) bond motifs is 1. The molecule has 2 aliphatic heterocycles. The summed E-state index contributed by atoms with van der Waals surface area (Å²) in [6.45, 7) is 14.5. The number of aromatic amines is 1. The van der Waals surface area contributed by atoms with Gasteiger partial charge in [-0.2, -0.15) is 13.2 Å². The molecule has 2 saturated heterocycles. The number of carbonyl (C=O) groups is 6. The van der Waals surface area contributed by atoms with E-state index in [0.29, 0.717) is 26.0 Å². The molecular weight excluding hydrogens is 880 g/mol. The summed E-state index contributed by atoms with van der Waals surface area (Å²) in [5.41, 5.74) is 1.86. The fourth-order valence-corrected chi connectivity index (χ4v) is 8.93. The fraction of sp³-hybridized carbons (Fsp3) is 0.702. The summed E-state index contributed by atoms with van der Waals surface area (Å²) in [5, 5.41) is 22.0. The molecule has 17 nitrogen and oxygen atoms in total. The lowest BCUT2D eigenvalue weighted by molar-refractivity contribution is -0.199. The van der Waals surface area contributed by atoms with Crippen molar-refractivity contribution in [2.75, 3.05) is 41.5 Å². The normalized spacial score (nSPS) is 20.1. The number of benzene rings is 1. The number of ketones is 1. The summed E-state index contributed by atoms with van der Waals surface area (Å²) < 4.78 is 43.7. The Bertz CT molecular complexity index is 1940. The Kier molecular flexibility index (Phi) is 22.2. The average Bonchev–Trinajstić information content (AvgIpc) is 3.95. The number of amides is 4. The second-order valence-corrected chi connectivity index (χ2v) is 18.3. The maximum atomic E-state index is 14.2. The van der Waals surface area contributed by atoms with Gasteiger partial charge in [-0.3, -0.25) is 28.8 Å². The van der Waals surface area contributed by atoms with Gasteiger partial charge < -0.3 is 45.7 Å². The second-order valence-electron chi connectivity index (χ2n) is 18.3. The number of aliphatic carboxylic acids is 1. The largest absolute Gasteiger partial charge is 0.490 e. The first kappa shape index (κ1) is 56.7. The zero-order valence-corrected chi connectivity index (χ0v) is 40.8. The van der Waals surface area contributed by atoms with E-state index in [9.17, 15) is 37.1 Å². The van der Waals surface area contributed by atoms with Gasteiger partial charge >= 0.3 is 12.1 Å². The van der Waals surface area contributed by atoms with Crippen molar-refractivity contribution in [2.45, 2.75) is 148 Å². The number of alkyl halides is 3. The Labute approximate surface area is 392 Å². The number of nitrogens with zero attached hydrogens (tertiary/aromatic N) is 2. The Hall–Kier alpha value is -4.63. The maximum Gasteiger partial charge on any atom is 0.490 e. The third-order valence-electron chi connectivity index (χ3n) is 12.9. The van der Waals surface area contributed by atoms with Gasteiger partial charge in [-0.05, 0) is 62.1 Å². The Morgan fingerprint density at radius 1 is 0.940 bits per heavy atom. The number of carboxylic acid groups (broad SMARTS) is 1. The Morgan fingerprint density at radius 3 is 2.12 bits per heavy atom. The minimum absolute atomic E-state index is 0.0180. The number of rotatable bonds is 22. The van der Waals surface area contributed by atoms with E-state index in [0.717, 1.165) is 35.7 Å². The van der Waals surface area contributed by atoms with Crippen molar-refractivity contribution in [3.63, 3.8) is 0 Å². The number of carbonyl (C=O) groups excluding carboxylic acids is 5. The molecule has 4 rings (SSSR count). The molecule has 378 valence electrons. The summed E-state index contributed by atoms with van der Waals surface area (Å²) in [6.07, 6.45) is -0.511. The average molecular weight is 954 g/mol. The molecule has 4 amide bonds. The first-order chi connectivity index (χ1) is 31.5. The number of likely N-dealkylation sites (N-methyl/N-ethyl adjacent to an activating group) is 2. The van der Waals surface area contributed by atoms with Crippen LogP contribution in [0, 0.1) is 23.7 Å². The van der Waals surface area contributed by atoms with Gasteiger partial charge in [0, 0.05) is 63.8 Å². The molecule has 1 aromatic carbocycles. The number of hydrogen-bond donors (Lipinski definition) is 6. The van der Waals surface area contributed by atoms with Crippen LogP contribution in [0.5, 0.6) is 0 Å². The van der Waals surface area contributed by atoms with E-state index in [1.165, 1.54) is 5.06 Å². The molecule has 2 aliphatic rings. The van der Waals surface area contributed by atoms with Gasteiger partial charge in [0.25, 0.3) is 5.91 Å². The van der Waals surface area contributed by atoms with Crippen LogP contribution in [-0.2, 0) is 49.5 Å². The van der Waals surface area contributed by atoms with Crippen LogP contribution in [0.15, 0.2) is 30.5 Å². The predicted octanol–water partition coefficient (Wildman–Crippen LogP) is 4.39. The molecule has 1 unspecified atom stereocenters. The number of carboxylic acids is 1. The topological polar surface area (TPSA) is 221 Å². The zero-order chi connectivity index (χ0) is 50.3. The lowest BCUT2D eigenvalue weighted by atomic mass is 9.88. The predicted molar refractivity (Wildman–Crippen MR) is 245 cm³/mol. The SMILES string of the molecule is CC[C@H](C)[C@@H]([C@@H](CC(=O)C1CC[C@@H]([C@H](OC)[C@@H](C)C(=O)N[C@@H](Cc2c[nH]c3ccccc23)C(=O)N2CCCCO2)N1)OC)N(C)C(=O)[C@@H](NC(=O)[C@@H](NC)C(C)C)C(C)C.O=C(O)C(F)(F)F. The van der Waals surface area contributed by atoms with E-state index >= 15 is 0 Å². The summed E-state index contributed by atoms with van der Waals surface area (Å²) in [5.74, 6) is -4.75. The fourth-order valence-electron chi connectivity index (χ4n) is 8.93. The third-order valence-corrected chi connectivity index (χ3v) is 12.9. The highest BCUT2D eigenvalue weighted by Crippen LogP contribution is 2.28. The molecule has 0 spiro atoms. The molecule has 10 atom stereocenters. The van der Waals surface area contributed by atoms with Crippen molar-refractivity contribution >= 4 is 46.3 Å². The van der Waals surface area contributed by atoms with Crippen molar-refractivity contribution < 1.29 is 61.4 Å². The van der Waals surface area contributed by atoms with E-state index in [4.69, 9.17) is 24.2 Å². The van der Waals surface area contributed by atoms with Crippen LogP contribution >= 0.6 is 0 Å². The van der Waals surface area contributed by atoms with E-state index in [-0.39, 0.29) is 66.0 Å². The molecular formula is C47H74F3N7O10. The minimum Gasteiger partial charge on any atom is -0.475 e. The van der Waals surface area contributed by atoms with E-state index in [2.05, 4.69) is 26.3 Å². The number of Topliss-reactive ketones (excluding diaryl/α,β-unsaturated/α-hetero) is 1. The number of ether oxygens (including phenoxy) is 2. The van der Waals surface area contributed by atoms with Crippen molar-refractivity contribution in [2.24, 2.45) is 23.7 Å². The lowest BCUT2D eigenvalue weighted by Crippen LogP contribution is -2.59. The molecule has 2 fully saturated rings. The summed E-state index contributed by atoms with van der Waals surface area (Å²) >= 11 is 0. The van der Waals surface area contributed by atoms with Crippen LogP contribution in [0.25, 0.3) is 10.9 Å². The Balaban J connectivity index is 0.00000157. The van der Waals surface area contributed by atoms with Crippen molar-refractivity contribution in [3.8, 4) is 0 Å². The highest BCUT2D eigenvalue weighted by atomic mass is 19.4. The monoisotopic (exact) mass is 954 g/mol. The number of aromatic nitrogens is 1. The number of halogens is 3. The van der Waals surface area contributed by atoms with E-state index in [1.54, 1.807) is 40.1 Å². The van der Waals surface area contributed by atoms with Crippen molar-refractivity contribution in [1.29, 1.82) is 0 Å². The Morgan fingerprint density at radius 2 is 1.58 bits per heavy atom. The molecule has 2 aromatic rings. The molecule has 67 heavy (non-hydrogen) atoms. The van der Waals surface area contributed by atoms with Gasteiger partial charge in [-0.25, -0.2) is 9.86 Å². The minimum atomic E-state index is -5.08. The van der Waals surface area contributed by atoms with Gasteiger partial charge in [0.05, 0.1) is 42.9 Å². The molecule has 3 heterocycles. The molecule has 20 heteroatoms. The summed E-state index contributed by atoms with van der Waals surface area (Å²) in [7, 11) is 6.58. The van der Waals surface area contributed by atoms with Gasteiger partial charge in [0.15, 0.2) is 5.78 Å². The number of H-pyrrole nitrogens is 1. The third kappa shape index (κ3) is 15.4. The molecule has 1 aromatic heterocycles. The van der Waals surface area contributed by atoms with Crippen LogP contribution in [0.2, 0.25) is 0 Å².